The second kappa shape index (κ2) is 13.5. The minimum atomic E-state index is -1.78. The smallest absolute Gasteiger partial charge is 0.352 e. The first kappa shape index (κ1) is 33.5. The van der Waals surface area contributed by atoms with Crippen LogP contribution in [0.25, 0.3) is 0 Å². The number of hydrogen-bond donors (Lipinski definition) is 6. The van der Waals surface area contributed by atoms with Gasteiger partial charge < -0.3 is 36.2 Å². The highest BCUT2D eigenvalue weighted by molar-refractivity contribution is 8.01. The molecule has 0 unspecified atom stereocenters. The molecule has 19 heteroatoms. The molecule has 47 heavy (non-hydrogen) atoms. The van der Waals surface area contributed by atoms with Crippen molar-refractivity contribution in [1.29, 1.82) is 0 Å². The fourth-order valence-electron chi connectivity index (χ4n) is 4.41. The van der Waals surface area contributed by atoms with Crippen molar-refractivity contribution >= 4 is 69.5 Å². The standard InChI is InChI=1S/C28H27N7O9S3/c1-28(2,26(42)43)44-33-19(16-12-47-27(29)31-16)22(38)32-20-23(39)35-21(25(40)41)13(11-46-24(20)35)10-45-15-3-5-34(6-4-15)9-14-7-17(36)18(37)8-30-14/h3-8,12,20,24H,9-11H2,1-2H3,(H6-,29,30,31,32,33,36,37,38,40,41,42,43)/p+1/t20-,24-/m1/s1. The summed E-state index contributed by atoms with van der Waals surface area (Å²) in [5, 5.41) is 35.9. The van der Waals surface area contributed by atoms with Crippen LogP contribution < -0.4 is 21.0 Å². The molecular weight excluding hydrogens is 675 g/mol. The van der Waals surface area contributed by atoms with Gasteiger partial charge in [0.15, 0.2) is 35.5 Å². The van der Waals surface area contributed by atoms with Gasteiger partial charge in [-0.25, -0.2) is 14.6 Å². The van der Waals surface area contributed by atoms with Crippen molar-refractivity contribution in [2.45, 2.75) is 42.3 Å². The van der Waals surface area contributed by atoms with Crippen LogP contribution in [0, 0.1) is 0 Å². The first-order valence-corrected chi connectivity index (χ1v) is 16.6. The number of carbonyl (C=O) groups is 4. The Morgan fingerprint density at radius 2 is 2.00 bits per heavy atom. The number of thioether (sulfide) groups is 2. The molecule has 1 saturated heterocycles. The molecule has 1 fully saturated rings. The van der Waals surface area contributed by atoms with Crippen LogP contribution >= 0.6 is 34.9 Å². The van der Waals surface area contributed by atoms with Crippen LogP contribution in [-0.4, -0.2) is 88.2 Å². The number of pyridine rings is 2. The number of oxime groups is 1. The third kappa shape index (κ3) is 7.26. The van der Waals surface area contributed by atoms with Crippen LogP contribution in [0.3, 0.4) is 0 Å². The number of carbonyl (C=O) groups excluding carboxylic acids is 2. The molecule has 3 aromatic heterocycles. The molecule has 5 rings (SSSR count). The number of aromatic hydroxyl groups is 1. The zero-order valence-corrected chi connectivity index (χ0v) is 27.1. The van der Waals surface area contributed by atoms with Gasteiger partial charge in [-0.3, -0.25) is 19.3 Å². The number of amides is 2. The molecule has 0 radical (unpaired) electrons. The van der Waals surface area contributed by atoms with E-state index in [9.17, 15) is 39.3 Å². The number of carboxylic acids is 2. The summed E-state index contributed by atoms with van der Waals surface area (Å²) >= 11 is 3.70. The highest BCUT2D eigenvalue weighted by Gasteiger charge is 2.54. The number of hydrogen-bond acceptors (Lipinski definition) is 13. The van der Waals surface area contributed by atoms with Gasteiger partial charge in [0, 0.05) is 46.2 Å². The number of nitrogens with two attached hydrogens (primary N) is 1. The van der Waals surface area contributed by atoms with E-state index in [0.29, 0.717) is 17.8 Å². The van der Waals surface area contributed by atoms with Crippen molar-refractivity contribution in [3.8, 4) is 5.75 Å². The summed E-state index contributed by atoms with van der Waals surface area (Å²) in [6.07, 6.45) is 4.82. The second-order valence-electron chi connectivity index (χ2n) is 10.7. The maximum atomic E-state index is 13.3. The Hall–Kier alpha value is -4.88. The van der Waals surface area contributed by atoms with Crippen molar-refractivity contribution in [2.75, 3.05) is 17.2 Å². The van der Waals surface area contributed by atoms with E-state index in [-0.39, 0.29) is 33.8 Å². The fourth-order valence-corrected chi connectivity index (χ4v) is 7.33. The Labute approximate surface area is 278 Å². The van der Waals surface area contributed by atoms with E-state index in [2.05, 4.69) is 20.4 Å². The van der Waals surface area contributed by atoms with Crippen molar-refractivity contribution in [3.05, 3.63) is 75.1 Å². The summed E-state index contributed by atoms with van der Waals surface area (Å²) in [6, 6.07) is 3.89. The van der Waals surface area contributed by atoms with Crippen molar-refractivity contribution in [1.82, 2.24) is 20.2 Å². The lowest BCUT2D eigenvalue weighted by Crippen LogP contribution is -2.71. The SMILES string of the molecule is CC(C)(O/N=C(\C(=O)N[C@@H]1C(=O)N2C(C(=O)O)=C(CSc3cc[n+](Cc4cc(=O)c(O)c[nH]4)cc3)CS[C@H]12)c1csc(N)n1)C(=O)O. The molecule has 7 N–H and O–H groups in total. The van der Waals surface area contributed by atoms with Crippen LogP contribution in [0.1, 0.15) is 25.2 Å². The topological polar surface area (TPSA) is 241 Å². The molecule has 3 aromatic rings. The van der Waals surface area contributed by atoms with Crippen LogP contribution in [0.15, 0.2) is 68.3 Å². The number of H-pyrrole nitrogens is 1. The zero-order valence-electron chi connectivity index (χ0n) is 24.7. The normalized spacial score (nSPS) is 18.0. The quantitative estimate of drug-likeness (QED) is 0.0498. The predicted molar refractivity (Wildman–Crippen MR) is 171 cm³/mol. The number of aromatic amines is 1. The van der Waals surface area contributed by atoms with Crippen molar-refractivity contribution in [2.24, 2.45) is 5.16 Å². The molecule has 2 aliphatic heterocycles. The Balaban J connectivity index is 1.26. The van der Waals surface area contributed by atoms with E-state index in [0.717, 1.165) is 21.1 Å². The molecule has 2 aliphatic rings. The van der Waals surface area contributed by atoms with Gasteiger partial charge in [0.1, 0.15) is 22.8 Å². The maximum absolute atomic E-state index is 13.3. The third-order valence-corrected chi connectivity index (χ3v) is 10.1. The van der Waals surface area contributed by atoms with Gasteiger partial charge in [0.25, 0.3) is 11.8 Å². The lowest BCUT2D eigenvalue weighted by Gasteiger charge is -2.49. The monoisotopic (exact) mass is 702 g/mol. The molecule has 16 nitrogen and oxygen atoms in total. The van der Waals surface area contributed by atoms with Gasteiger partial charge in [-0.2, -0.15) is 4.57 Å². The Kier molecular flexibility index (Phi) is 9.59. The van der Waals surface area contributed by atoms with E-state index >= 15 is 0 Å². The summed E-state index contributed by atoms with van der Waals surface area (Å²) in [7, 11) is 0. The molecule has 0 bridgehead atoms. The van der Waals surface area contributed by atoms with Gasteiger partial charge in [-0.05, 0) is 19.4 Å². The molecule has 0 aliphatic carbocycles. The number of thiazole rings is 1. The lowest BCUT2D eigenvalue weighted by atomic mass is 10.0. The summed E-state index contributed by atoms with van der Waals surface area (Å²) in [6.45, 7) is 2.84. The van der Waals surface area contributed by atoms with Crippen molar-refractivity contribution < 1.29 is 43.9 Å². The third-order valence-electron chi connectivity index (χ3n) is 6.97. The first-order valence-electron chi connectivity index (χ1n) is 13.7. The number of carboxylic acid groups (broad SMARTS) is 2. The number of nitrogens with zero attached hydrogens (tertiary/aromatic N) is 4. The number of nitrogens with one attached hydrogen (secondary N) is 2. The van der Waals surface area contributed by atoms with Crippen molar-refractivity contribution in [3.63, 3.8) is 0 Å². The lowest BCUT2D eigenvalue weighted by molar-refractivity contribution is -0.689. The molecule has 0 aromatic carbocycles. The molecule has 246 valence electrons. The van der Waals surface area contributed by atoms with Crippen LogP contribution in [0.5, 0.6) is 5.75 Å². The molecular formula is C28H28N7O9S3+. The number of rotatable bonds is 12. The molecule has 2 amide bonds. The minimum absolute atomic E-state index is 0.0123. The van der Waals surface area contributed by atoms with E-state index < -0.39 is 51.9 Å². The average Bonchev–Trinajstić information content (AvgIpc) is 3.46. The van der Waals surface area contributed by atoms with Gasteiger partial charge in [-0.15, -0.1) is 34.9 Å². The number of fused-ring (bicyclic) bond motifs is 1. The second-order valence-corrected chi connectivity index (χ2v) is 13.8. The van der Waals surface area contributed by atoms with Crippen LogP contribution in [-0.2, 0) is 30.6 Å². The van der Waals surface area contributed by atoms with E-state index in [4.69, 9.17) is 10.6 Å². The number of β-lactam (4-membered cyclic amide) rings is 1. The van der Waals surface area contributed by atoms with E-state index in [1.165, 1.54) is 55.0 Å². The first-order chi connectivity index (χ1) is 22.2. The number of nitrogen functional groups attached to an aromatic ring is 1. The van der Waals surface area contributed by atoms with E-state index in [1.54, 1.807) is 12.4 Å². The Morgan fingerprint density at radius 3 is 2.62 bits per heavy atom. The predicted octanol–water partition coefficient (Wildman–Crippen LogP) is 0.570. The molecule has 2 atom stereocenters. The van der Waals surface area contributed by atoms with Gasteiger partial charge in [-0.1, -0.05) is 5.16 Å². The summed E-state index contributed by atoms with van der Waals surface area (Å²) in [5.41, 5.74) is 4.04. The summed E-state index contributed by atoms with van der Waals surface area (Å²) in [5.74, 6) is -3.90. The van der Waals surface area contributed by atoms with Gasteiger partial charge in [0.05, 0.1) is 5.69 Å². The highest BCUT2D eigenvalue weighted by atomic mass is 32.2. The summed E-state index contributed by atoms with van der Waals surface area (Å²) < 4.78 is 1.82. The van der Waals surface area contributed by atoms with Gasteiger partial charge in [0.2, 0.25) is 11.0 Å². The molecule has 0 saturated carbocycles. The van der Waals surface area contributed by atoms with Gasteiger partial charge >= 0.3 is 11.9 Å². The maximum Gasteiger partial charge on any atom is 0.352 e. The number of aliphatic carboxylic acids is 2. The zero-order chi connectivity index (χ0) is 34.0. The average molecular weight is 703 g/mol. The molecule has 5 heterocycles. The number of anilines is 1. The van der Waals surface area contributed by atoms with Crippen LogP contribution in [0.4, 0.5) is 5.13 Å². The summed E-state index contributed by atoms with van der Waals surface area (Å²) in [4.78, 5) is 75.9. The molecule has 0 spiro atoms. The highest BCUT2D eigenvalue weighted by Crippen LogP contribution is 2.41. The minimum Gasteiger partial charge on any atom is -0.503 e. The van der Waals surface area contributed by atoms with Crippen LogP contribution in [0.2, 0.25) is 0 Å². The fraction of sp³-hybridized carbons (Fsp3) is 0.286. The Bertz CT molecular complexity index is 1870. The number of aromatic nitrogens is 3. The Morgan fingerprint density at radius 1 is 1.28 bits per heavy atom. The largest absolute Gasteiger partial charge is 0.503 e. The van der Waals surface area contributed by atoms with E-state index in [1.807, 2.05) is 16.7 Å².